The molecule has 2 aromatic heterocycles. The van der Waals surface area contributed by atoms with E-state index in [2.05, 4.69) is 21.5 Å². The number of hydrogen-bond donors (Lipinski definition) is 2. The number of hydrogen-bond acceptors (Lipinski definition) is 8. The van der Waals surface area contributed by atoms with Crippen molar-refractivity contribution in [1.82, 2.24) is 19.8 Å². The lowest BCUT2D eigenvalue weighted by molar-refractivity contribution is 0.0295. The number of aromatic nitrogens is 2. The fourth-order valence-corrected chi connectivity index (χ4v) is 3.83. The second-order valence-electron chi connectivity index (χ2n) is 9.54. The number of fused-ring (bicyclic) bond motifs is 1. The zero-order chi connectivity index (χ0) is 25.6. The number of allylic oxidation sites excluding steroid dienone is 1. The minimum absolute atomic E-state index is 0.167. The summed E-state index contributed by atoms with van der Waals surface area (Å²) in [7, 11) is 1.57. The number of pyridine rings is 1. The van der Waals surface area contributed by atoms with Gasteiger partial charge in [0.1, 0.15) is 28.5 Å². The third kappa shape index (κ3) is 6.51. The molecule has 0 bridgehead atoms. The summed E-state index contributed by atoms with van der Waals surface area (Å²) >= 11 is 0. The van der Waals surface area contributed by atoms with Gasteiger partial charge in [-0.05, 0) is 46.6 Å². The molecule has 2 aromatic rings. The number of carbonyl (C=O) groups is 1. The molecule has 2 aliphatic rings. The number of carbonyl (C=O) groups excluding carboxylic acids is 1. The zero-order valence-electron chi connectivity index (χ0n) is 21.2. The van der Waals surface area contributed by atoms with Crippen molar-refractivity contribution in [3.8, 4) is 11.8 Å². The molecule has 2 fully saturated rings. The van der Waals surface area contributed by atoms with E-state index in [1.54, 1.807) is 22.7 Å². The van der Waals surface area contributed by atoms with Crippen molar-refractivity contribution in [3.05, 3.63) is 35.8 Å². The fraction of sp³-hybridized carbons (Fsp3) is 0.520. The molecule has 0 unspecified atom stereocenters. The van der Waals surface area contributed by atoms with E-state index in [-0.39, 0.29) is 11.7 Å². The Balaban J connectivity index is 0.000000241. The molecule has 0 aromatic carbocycles. The Labute approximate surface area is 206 Å². The van der Waals surface area contributed by atoms with E-state index in [1.807, 2.05) is 40.0 Å². The van der Waals surface area contributed by atoms with E-state index in [9.17, 15) is 10.1 Å². The number of ether oxygens (including phenoxy) is 2. The van der Waals surface area contributed by atoms with E-state index in [0.717, 1.165) is 55.9 Å². The lowest BCUT2D eigenvalue weighted by Gasteiger charge is -2.24. The normalized spacial score (nSPS) is 16.9. The molecule has 10 heteroatoms. The first-order valence-electron chi connectivity index (χ1n) is 11.8. The third-order valence-corrected chi connectivity index (χ3v) is 5.68. The molecule has 188 valence electrons. The quantitative estimate of drug-likeness (QED) is 0.642. The summed E-state index contributed by atoms with van der Waals surface area (Å²) in [4.78, 5) is 17.8. The van der Waals surface area contributed by atoms with Gasteiger partial charge in [0, 0.05) is 55.4 Å². The fourth-order valence-electron chi connectivity index (χ4n) is 3.83. The minimum atomic E-state index is -0.361. The number of amides is 1. The van der Waals surface area contributed by atoms with Crippen molar-refractivity contribution in [2.24, 2.45) is 10.7 Å². The Morgan fingerprint density at radius 3 is 2.54 bits per heavy atom. The molecular formula is C25H35N7O3. The van der Waals surface area contributed by atoms with Gasteiger partial charge in [-0.25, -0.2) is 9.31 Å². The number of nitrogens with zero attached hydrogens (tertiary/aromatic N) is 5. The molecule has 0 spiro atoms. The van der Waals surface area contributed by atoms with Crippen molar-refractivity contribution in [2.45, 2.75) is 52.2 Å². The summed E-state index contributed by atoms with van der Waals surface area (Å²) in [6.45, 7) is 11.1. The van der Waals surface area contributed by atoms with Crippen LogP contribution in [0.3, 0.4) is 0 Å². The molecule has 1 amide bonds. The largest absolute Gasteiger partial charge is 0.494 e. The topological polar surface area (TPSA) is 130 Å². The molecule has 4 heterocycles. The lowest BCUT2D eigenvalue weighted by Crippen LogP contribution is -2.45. The number of nitriles is 1. The molecule has 0 aliphatic carbocycles. The van der Waals surface area contributed by atoms with E-state index < -0.39 is 0 Å². The van der Waals surface area contributed by atoms with Gasteiger partial charge in [0.15, 0.2) is 0 Å². The first kappa shape index (κ1) is 26.0. The summed E-state index contributed by atoms with van der Waals surface area (Å²) in [5.41, 5.74) is 9.12. The van der Waals surface area contributed by atoms with Gasteiger partial charge in [-0.3, -0.25) is 4.99 Å². The molecule has 35 heavy (non-hydrogen) atoms. The second-order valence-corrected chi connectivity index (χ2v) is 9.54. The average molecular weight is 482 g/mol. The van der Waals surface area contributed by atoms with Crippen LogP contribution in [-0.4, -0.2) is 71.3 Å². The van der Waals surface area contributed by atoms with Crippen LogP contribution in [0.4, 0.5) is 4.79 Å². The van der Waals surface area contributed by atoms with E-state index in [1.165, 1.54) is 6.20 Å². The number of methoxy groups -OCH3 is 1. The van der Waals surface area contributed by atoms with Gasteiger partial charge in [0.05, 0.1) is 19.3 Å². The van der Waals surface area contributed by atoms with Gasteiger partial charge in [-0.1, -0.05) is 0 Å². The molecular weight excluding hydrogens is 446 g/mol. The molecule has 0 atom stereocenters. The standard InChI is InChI=1S/C16H18N6O.C9H17NO2/c1-10(21-13-7-19-8-13)14(5-18)11-3-15(23-2)16-12(4-17)6-20-22(16)9-11;1-9(2,3)12-8(11)10-6-4-5-7-10/h3,5-6,9,13,19H,7-8,18H2,1-2H3;4-7H2,1-3H3/b14-5+,21-10?;. The van der Waals surface area contributed by atoms with Gasteiger partial charge in [-0.15, -0.1) is 0 Å². The lowest BCUT2D eigenvalue weighted by atomic mass is 10.0. The Morgan fingerprint density at radius 1 is 1.34 bits per heavy atom. The highest BCUT2D eigenvalue weighted by Gasteiger charge is 2.24. The van der Waals surface area contributed by atoms with Crippen molar-refractivity contribution >= 4 is 22.9 Å². The summed E-state index contributed by atoms with van der Waals surface area (Å²) in [6.07, 6.45) is 6.95. The van der Waals surface area contributed by atoms with Crippen molar-refractivity contribution in [3.63, 3.8) is 0 Å². The maximum Gasteiger partial charge on any atom is 0.410 e. The number of rotatable bonds is 4. The highest BCUT2D eigenvalue weighted by atomic mass is 16.6. The highest BCUT2D eigenvalue weighted by Crippen LogP contribution is 2.28. The summed E-state index contributed by atoms with van der Waals surface area (Å²) in [5, 5.41) is 16.6. The van der Waals surface area contributed by atoms with E-state index >= 15 is 0 Å². The molecule has 10 nitrogen and oxygen atoms in total. The van der Waals surface area contributed by atoms with Crippen molar-refractivity contribution in [2.75, 3.05) is 33.3 Å². The second kappa shape index (κ2) is 11.2. The average Bonchev–Trinajstić information content (AvgIpc) is 3.45. The number of likely N-dealkylation sites (tertiary alicyclic amines) is 1. The molecule has 0 radical (unpaired) electrons. The van der Waals surface area contributed by atoms with Crippen LogP contribution in [-0.2, 0) is 4.74 Å². The Hall–Kier alpha value is -3.58. The van der Waals surface area contributed by atoms with Crippen LogP contribution in [0.25, 0.3) is 11.1 Å². The first-order valence-corrected chi connectivity index (χ1v) is 11.8. The smallest absolute Gasteiger partial charge is 0.410 e. The van der Waals surface area contributed by atoms with Crippen LogP contribution in [0.5, 0.6) is 5.75 Å². The summed E-state index contributed by atoms with van der Waals surface area (Å²) < 4.78 is 12.3. The van der Waals surface area contributed by atoms with Crippen LogP contribution in [0.1, 0.15) is 51.7 Å². The van der Waals surface area contributed by atoms with Crippen molar-refractivity contribution < 1.29 is 14.3 Å². The van der Waals surface area contributed by atoms with Crippen LogP contribution < -0.4 is 15.8 Å². The molecule has 4 rings (SSSR count). The maximum absolute atomic E-state index is 11.4. The Kier molecular flexibility index (Phi) is 8.35. The molecule has 2 aliphatic heterocycles. The summed E-state index contributed by atoms with van der Waals surface area (Å²) in [5.74, 6) is 0.578. The minimum Gasteiger partial charge on any atom is -0.494 e. The number of nitrogens with one attached hydrogen (secondary N) is 1. The van der Waals surface area contributed by atoms with Gasteiger partial charge < -0.3 is 25.4 Å². The van der Waals surface area contributed by atoms with E-state index in [4.69, 9.17) is 15.2 Å². The van der Waals surface area contributed by atoms with Crippen LogP contribution in [0.15, 0.2) is 29.7 Å². The predicted molar refractivity (Wildman–Crippen MR) is 135 cm³/mol. The number of nitrogens with two attached hydrogens (primary N) is 1. The van der Waals surface area contributed by atoms with Gasteiger partial charge in [0.25, 0.3) is 0 Å². The highest BCUT2D eigenvalue weighted by molar-refractivity contribution is 6.22. The van der Waals surface area contributed by atoms with Gasteiger partial charge >= 0.3 is 6.09 Å². The predicted octanol–water partition coefficient (Wildman–Crippen LogP) is 2.96. The zero-order valence-corrected chi connectivity index (χ0v) is 21.2. The Bertz CT molecular complexity index is 1140. The third-order valence-electron chi connectivity index (χ3n) is 5.68. The van der Waals surface area contributed by atoms with E-state index in [0.29, 0.717) is 22.9 Å². The molecule has 2 saturated heterocycles. The van der Waals surface area contributed by atoms with Gasteiger partial charge in [-0.2, -0.15) is 10.4 Å². The molecule has 0 saturated carbocycles. The monoisotopic (exact) mass is 481 g/mol. The van der Waals surface area contributed by atoms with Crippen LogP contribution >= 0.6 is 0 Å². The maximum atomic E-state index is 11.4. The first-order chi connectivity index (χ1) is 16.7. The Morgan fingerprint density at radius 2 is 2.03 bits per heavy atom. The molecule has 3 N–H and O–H groups in total. The van der Waals surface area contributed by atoms with Crippen molar-refractivity contribution in [1.29, 1.82) is 5.26 Å². The SMILES string of the molecule is CC(C)(C)OC(=O)N1CCCC1.COc1cc(/C(=C/N)C(C)=NC2CNC2)cn2ncc(C#N)c12. The number of aliphatic imine (C=N–C) groups is 1. The van der Waals surface area contributed by atoms with Crippen LogP contribution in [0.2, 0.25) is 0 Å². The van der Waals surface area contributed by atoms with Gasteiger partial charge in [0.2, 0.25) is 0 Å². The van der Waals surface area contributed by atoms with Crippen LogP contribution in [0, 0.1) is 11.3 Å². The summed E-state index contributed by atoms with van der Waals surface area (Å²) in [6, 6.07) is 4.27.